The minimum Gasteiger partial charge on any atom is -0.296 e. The van der Waals surface area contributed by atoms with Crippen molar-refractivity contribution in [1.82, 2.24) is 0 Å². The summed E-state index contributed by atoms with van der Waals surface area (Å²) in [4.78, 5) is 0. The summed E-state index contributed by atoms with van der Waals surface area (Å²) in [5.41, 5.74) is 0.723. The van der Waals surface area contributed by atoms with Crippen molar-refractivity contribution in [2.45, 2.75) is 20.0 Å². The minimum atomic E-state index is -3.42. The molecule has 2 rings (SSSR count). The Labute approximate surface area is 100 Å². The Bertz CT molecular complexity index is 418. The summed E-state index contributed by atoms with van der Waals surface area (Å²) in [6.45, 7) is 0.912. The molecule has 1 fully saturated rings. The maximum Gasteiger partial charge on any atom is 0.424 e. The van der Waals surface area contributed by atoms with Gasteiger partial charge < -0.3 is 0 Å². The zero-order valence-electron chi connectivity index (χ0n) is 9.22. The first-order valence-corrected chi connectivity index (χ1v) is 7.53. The summed E-state index contributed by atoms with van der Waals surface area (Å²) in [6, 6.07) is 9.64. The van der Waals surface area contributed by atoms with Gasteiger partial charge in [-0.15, -0.1) is 0 Å². The van der Waals surface area contributed by atoms with Crippen LogP contribution >= 0.6 is 18.2 Å². The average molecular weight is 261 g/mol. The number of benzene rings is 1. The first-order chi connectivity index (χ1) is 7.41. The van der Waals surface area contributed by atoms with Gasteiger partial charge in [-0.2, -0.15) is 0 Å². The SMILES string of the molecule is CC1(C)CO[P@@](=O)(Cl)OC1c1ccccc1. The van der Waals surface area contributed by atoms with Gasteiger partial charge in [-0.25, -0.2) is 4.57 Å². The van der Waals surface area contributed by atoms with Crippen molar-refractivity contribution in [1.29, 1.82) is 0 Å². The van der Waals surface area contributed by atoms with Gasteiger partial charge in [-0.05, 0) is 5.56 Å². The van der Waals surface area contributed by atoms with Gasteiger partial charge in [0.2, 0.25) is 0 Å². The molecule has 1 aliphatic rings. The van der Waals surface area contributed by atoms with Gasteiger partial charge >= 0.3 is 6.95 Å². The highest BCUT2D eigenvalue weighted by molar-refractivity contribution is 7.81. The standard InChI is InChI=1S/C11H14ClO3P/c1-11(2)8-14-16(12,13)15-10(11)9-6-4-3-5-7-9/h3-7,10H,8H2,1-2H3/t10?,16-/m0/s1. The maximum absolute atomic E-state index is 11.6. The molecular formula is C11H14ClO3P. The smallest absolute Gasteiger partial charge is 0.296 e. The van der Waals surface area contributed by atoms with E-state index < -0.39 is 6.95 Å². The lowest BCUT2D eigenvalue weighted by Gasteiger charge is -2.39. The van der Waals surface area contributed by atoms with Crippen LogP contribution in [0, 0.1) is 5.41 Å². The molecule has 1 unspecified atom stereocenters. The Hall–Kier alpha value is -0.340. The first-order valence-electron chi connectivity index (χ1n) is 5.08. The molecule has 0 radical (unpaired) electrons. The van der Waals surface area contributed by atoms with Crippen molar-refractivity contribution < 1.29 is 13.6 Å². The molecule has 0 bridgehead atoms. The molecule has 88 valence electrons. The summed E-state index contributed by atoms with van der Waals surface area (Å²) < 4.78 is 22.0. The lowest BCUT2D eigenvalue weighted by molar-refractivity contribution is -0.0203. The molecular weight excluding hydrogens is 247 g/mol. The Morgan fingerprint density at radius 2 is 2.00 bits per heavy atom. The molecule has 0 amide bonds. The van der Waals surface area contributed by atoms with E-state index in [0.29, 0.717) is 6.61 Å². The van der Waals surface area contributed by atoms with E-state index in [1.54, 1.807) is 0 Å². The van der Waals surface area contributed by atoms with Crippen molar-refractivity contribution in [3.8, 4) is 0 Å². The molecule has 0 aliphatic carbocycles. The Morgan fingerprint density at radius 1 is 1.38 bits per heavy atom. The van der Waals surface area contributed by atoms with E-state index in [1.165, 1.54) is 0 Å². The van der Waals surface area contributed by atoms with E-state index in [0.717, 1.165) is 5.56 Å². The van der Waals surface area contributed by atoms with E-state index in [2.05, 4.69) is 0 Å². The Balaban J connectivity index is 2.33. The van der Waals surface area contributed by atoms with Crippen LogP contribution in [0.2, 0.25) is 0 Å². The van der Waals surface area contributed by atoms with Gasteiger partial charge in [0.1, 0.15) is 6.10 Å². The lowest BCUT2D eigenvalue weighted by atomic mass is 9.83. The molecule has 0 spiro atoms. The van der Waals surface area contributed by atoms with Crippen molar-refractivity contribution >= 4 is 18.2 Å². The van der Waals surface area contributed by atoms with E-state index in [4.69, 9.17) is 20.3 Å². The van der Waals surface area contributed by atoms with Crippen LogP contribution in [0.3, 0.4) is 0 Å². The second kappa shape index (κ2) is 4.15. The molecule has 0 N–H and O–H groups in total. The van der Waals surface area contributed by atoms with Crippen LogP contribution < -0.4 is 0 Å². The molecule has 1 aromatic rings. The predicted octanol–water partition coefficient (Wildman–Crippen LogP) is 4.15. The topological polar surface area (TPSA) is 35.5 Å². The lowest BCUT2D eigenvalue weighted by Crippen LogP contribution is -2.32. The van der Waals surface area contributed by atoms with Crippen LogP contribution in [0.5, 0.6) is 0 Å². The van der Waals surface area contributed by atoms with Crippen LogP contribution in [0.25, 0.3) is 0 Å². The van der Waals surface area contributed by atoms with Gasteiger partial charge in [-0.1, -0.05) is 44.2 Å². The molecule has 1 aliphatic heterocycles. The molecule has 1 saturated heterocycles. The largest absolute Gasteiger partial charge is 0.424 e. The summed E-state index contributed by atoms with van der Waals surface area (Å²) in [5.74, 6) is 0. The van der Waals surface area contributed by atoms with Crippen molar-refractivity contribution in [2.24, 2.45) is 5.41 Å². The molecule has 1 heterocycles. The highest BCUT2D eigenvalue weighted by Gasteiger charge is 2.44. The fourth-order valence-corrected chi connectivity index (χ4v) is 3.35. The number of rotatable bonds is 1. The summed E-state index contributed by atoms with van der Waals surface area (Å²) in [5, 5.41) is 0. The summed E-state index contributed by atoms with van der Waals surface area (Å²) in [6.07, 6.45) is -0.300. The predicted molar refractivity (Wildman–Crippen MR) is 63.5 cm³/mol. The zero-order valence-corrected chi connectivity index (χ0v) is 10.9. The molecule has 0 aromatic heterocycles. The number of halogens is 1. The van der Waals surface area contributed by atoms with Crippen LogP contribution in [-0.2, 0) is 13.6 Å². The molecule has 5 heteroatoms. The third-order valence-electron chi connectivity index (χ3n) is 2.63. The normalized spacial score (nSPS) is 33.6. The number of hydrogen-bond acceptors (Lipinski definition) is 3. The summed E-state index contributed by atoms with van der Waals surface area (Å²) in [7, 11) is 0. The summed E-state index contributed by atoms with van der Waals surface area (Å²) >= 11 is 5.66. The first kappa shape index (κ1) is 12.1. The second-order valence-corrected chi connectivity index (χ2v) is 7.16. The third-order valence-corrected chi connectivity index (χ3v) is 4.07. The van der Waals surface area contributed by atoms with E-state index in [-0.39, 0.29) is 11.5 Å². The van der Waals surface area contributed by atoms with Crippen LogP contribution in [0.1, 0.15) is 25.5 Å². The van der Waals surface area contributed by atoms with E-state index in [1.807, 2.05) is 44.2 Å². The van der Waals surface area contributed by atoms with Gasteiger partial charge in [0.05, 0.1) is 6.61 Å². The highest BCUT2D eigenvalue weighted by Crippen LogP contribution is 2.63. The quantitative estimate of drug-likeness (QED) is 0.712. The van der Waals surface area contributed by atoms with Crippen molar-refractivity contribution in [3.63, 3.8) is 0 Å². The van der Waals surface area contributed by atoms with E-state index >= 15 is 0 Å². The molecule has 3 nitrogen and oxygen atoms in total. The molecule has 16 heavy (non-hydrogen) atoms. The molecule has 2 atom stereocenters. The Kier molecular flexibility index (Phi) is 3.15. The Morgan fingerprint density at radius 3 is 2.62 bits per heavy atom. The van der Waals surface area contributed by atoms with Gasteiger partial charge in [0.25, 0.3) is 0 Å². The minimum absolute atomic E-state index is 0.246. The fraction of sp³-hybridized carbons (Fsp3) is 0.455. The fourth-order valence-electron chi connectivity index (χ4n) is 1.76. The average Bonchev–Trinajstić information content (AvgIpc) is 2.24. The van der Waals surface area contributed by atoms with Crippen molar-refractivity contribution in [2.75, 3.05) is 6.61 Å². The highest BCUT2D eigenvalue weighted by atomic mass is 35.7. The zero-order chi connectivity index (χ0) is 11.8. The van der Waals surface area contributed by atoms with Crippen LogP contribution in [0.15, 0.2) is 30.3 Å². The third kappa shape index (κ3) is 2.49. The molecule has 0 saturated carbocycles. The molecule has 1 aromatic carbocycles. The van der Waals surface area contributed by atoms with Crippen molar-refractivity contribution in [3.05, 3.63) is 35.9 Å². The van der Waals surface area contributed by atoms with Crippen LogP contribution in [-0.4, -0.2) is 6.61 Å². The second-order valence-electron chi connectivity index (χ2n) is 4.59. The van der Waals surface area contributed by atoms with Crippen LogP contribution in [0.4, 0.5) is 0 Å². The van der Waals surface area contributed by atoms with Gasteiger partial charge in [0, 0.05) is 16.7 Å². The van der Waals surface area contributed by atoms with E-state index in [9.17, 15) is 4.57 Å². The maximum atomic E-state index is 11.6. The van der Waals surface area contributed by atoms with Gasteiger partial charge in [0.15, 0.2) is 0 Å². The monoisotopic (exact) mass is 260 g/mol. The number of hydrogen-bond donors (Lipinski definition) is 0. The van der Waals surface area contributed by atoms with Gasteiger partial charge in [-0.3, -0.25) is 9.05 Å².